The molecule has 2 fully saturated rings. The van der Waals surface area contributed by atoms with Crippen LogP contribution in [0.2, 0.25) is 0 Å². The lowest BCUT2D eigenvalue weighted by molar-refractivity contribution is -0.162. The number of amides is 2. The normalized spacial score (nSPS) is 29.4. The van der Waals surface area contributed by atoms with Crippen LogP contribution >= 0.6 is 11.8 Å². The summed E-state index contributed by atoms with van der Waals surface area (Å²) in [6.07, 6.45) is 1.18. The van der Waals surface area contributed by atoms with Crippen LogP contribution in [0.5, 0.6) is 11.5 Å². The maximum atomic E-state index is 13.4. The zero-order valence-electron chi connectivity index (χ0n) is 15.5. The summed E-state index contributed by atoms with van der Waals surface area (Å²) in [5.41, 5.74) is 0.902. The summed E-state index contributed by atoms with van der Waals surface area (Å²) in [4.78, 5) is 27.8. The Balaban J connectivity index is 1.79. The Morgan fingerprint density at radius 3 is 2.74 bits per heavy atom. The lowest BCUT2D eigenvalue weighted by Crippen LogP contribution is -2.63. The molecule has 0 unspecified atom stereocenters. The fraction of sp³-hybridized carbons (Fsp3) is 0.526. The van der Waals surface area contributed by atoms with Gasteiger partial charge in [-0.2, -0.15) is 5.26 Å². The number of hydrogen-bond acceptors (Lipinski definition) is 6. The third-order valence-electron chi connectivity index (χ3n) is 5.71. The molecule has 27 heavy (non-hydrogen) atoms. The van der Waals surface area contributed by atoms with Crippen LogP contribution in [0.3, 0.4) is 0 Å². The van der Waals surface area contributed by atoms with Crippen LogP contribution in [0.4, 0.5) is 0 Å². The summed E-state index contributed by atoms with van der Waals surface area (Å²) >= 11 is 1.36. The van der Waals surface area contributed by atoms with E-state index in [0.29, 0.717) is 24.3 Å². The quantitative estimate of drug-likeness (QED) is 0.772. The first-order valence-electron chi connectivity index (χ1n) is 8.97. The first-order valence-corrected chi connectivity index (χ1v) is 9.79. The highest BCUT2D eigenvalue weighted by atomic mass is 32.2. The molecule has 142 valence electrons. The van der Waals surface area contributed by atoms with Crippen molar-refractivity contribution in [3.8, 4) is 17.6 Å². The maximum Gasteiger partial charge on any atom is 0.260 e. The molecule has 0 N–H and O–H groups in total. The van der Waals surface area contributed by atoms with Crippen LogP contribution in [-0.4, -0.2) is 45.2 Å². The largest absolute Gasteiger partial charge is 0.454 e. The van der Waals surface area contributed by atoms with Crippen molar-refractivity contribution in [1.29, 1.82) is 5.26 Å². The van der Waals surface area contributed by atoms with Crippen molar-refractivity contribution in [2.45, 2.75) is 48.9 Å². The van der Waals surface area contributed by atoms with E-state index >= 15 is 0 Å². The van der Waals surface area contributed by atoms with Gasteiger partial charge in [-0.3, -0.25) is 9.59 Å². The molecule has 0 aliphatic carbocycles. The van der Waals surface area contributed by atoms with E-state index in [1.165, 1.54) is 16.7 Å². The Kier molecular flexibility index (Phi) is 4.04. The van der Waals surface area contributed by atoms with Crippen LogP contribution in [-0.2, 0) is 9.59 Å². The van der Waals surface area contributed by atoms with Crippen molar-refractivity contribution in [3.63, 3.8) is 0 Å². The molecular weight excluding hydrogens is 366 g/mol. The van der Waals surface area contributed by atoms with Gasteiger partial charge in [0.2, 0.25) is 6.79 Å². The molecule has 3 aliphatic rings. The number of ether oxygens (including phenoxy) is 2. The number of fused-ring (bicyclic) bond motifs is 3. The number of rotatable bonds is 5. The molecule has 1 aromatic rings. The number of hydrogen-bond donors (Lipinski definition) is 0. The molecule has 0 spiro atoms. The number of nitrogens with zero attached hydrogens (tertiary/aromatic N) is 3. The SMILES string of the molecule is CC[C@H](c1ccc2c(c1)OCO2)N1C(=O)[C@@]2(C)S[C@@]1(CCC#N)C(=O)N2C. The van der Waals surface area contributed by atoms with Crippen molar-refractivity contribution < 1.29 is 19.1 Å². The highest BCUT2D eigenvalue weighted by Crippen LogP contribution is 2.61. The molecule has 3 heterocycles. The fourth-order valence-corrected chi connectivity index (χ4v) is 6.01. The summed E-state index contributed by atoms with van der Waals surface area (Å²) in [5, 5.41) is 9.12. The zero-order chi connectivity index (χ0) is 19.4. The van der Waals surface area contributed by atoms with E-state index in [2.05, 4.69) is 6.07 Å². The van der Waals surface area contributed by atoms with Crippen LogP contribution in [0, 0.1) is 11.3 Å². The van der Waals surface area contributed by atoms with E-state index in [0.717, 1.165) is 5.56 Å². The van der Waals surface area contributed by atoms with Gasteiger partial charge in [0.15, 0.2) is 21.2 Å². The number of thioether (sulfide) groups is 1. The number of piperazine rings is 1. The highest BCUT2D eigenvalue weighted by molar-refractivity contribution is 8.04. The Bertz CT molecular complexity index is 869. The average molecular weight is 387 g/mol. The van der Waals surface area contributed by atoms with Crippen molar-refractivity contribution in [1.82, 2.24) is 9.80 Å². The lowest BCUT2D eigenvalue weighted by Gasteiger charge is -2.44. The predicted molar refractivity (Wildman–Crippen MR) is 98.8 cm³/mol. The zero-order valence-corrected chi connectivity index (χ0v) is 16.3. The van der Waals surface area contributed by atoms with Crippen LogP contribution in [0.1, 0.15) is 44.7 Å². The van der Waals surface area contributed by atoms with E-state index in [1.807, 2.05) is 25.1 Å². The van der Waals surface area contributed by atoms with E-state index < -0.39 is 9.74 Å². The molecule has 0 aromatic heterocycles. The van der Waals surface area contributed by atoms with Crippen molar-refractivity contribution in [2.75, 3.05) is 13.8 Å². The molecule has 2 saturated heterocycles. The van der Waals surface area contributed by atoms with Gasteiger partial charge in [-0.1, -0.05) is 24.8 Å². The van der Waals surface area contributed by atoms with Crippen molar-refractivity contribution in [2.24, 2.45) is 0 Å². The summed E-state index contributed by atoms with van der Waals surface area (Å²) in [7, 11) is 1.67. The summed E-state index contributed by atoms with van der Waals surface area (Å²) in [6.45, 7) is 3.97. The smallest absolute Gasteiger partial charge is 0.260 e. The Morgan fingerprint density at radius 1 is 1.30 bits per heavy atom. The Morgan fingerprint density at radius 2 is 2.04 bits per heavy atom. The number of carbonyl (C=O) groups excluding carboxylic acids is 2. The summed E-state index contributed by atoms with van der Waals surface area (Å²) in [6, 6.07) is 7.49. The Labute approximate surface area is 162 Å². The molecule has 3 atom stereocenters. The maximum absolute atomic E-state index is 13.4. The molecule has 1 aromatic carbocycles. The fourth-order valence-electron chi connectivity index (χ4n) is 4.21. The van der Waals surface area contributed by atoms with Gasteiger partial charge < -0.3 is 19.3 Å². The molecule has 3 aliphatic heterocycles. The molecule has 2 amide bonds. The van der Waals surface area contributed by atoms with Gasteiger partial charge >= 0.3 is 0 Å². The van der Waals surface area contributed by atoms with Crippen LogP contribution < -0.4 is 9.47 Å². The number of carbonyl (C=O) groups is 2. The van der Waals surface area contributed by atoms with Gasteiger partial charge in [0.25, 0.3) is 11.8 Å². The second-order valence-electron chi connectivity index (χ2n) is 7.10. The van der Waals surface area contributed by atoms with Gasteiger partial charge in [-0.15, -0.1) is 0 Å². The number of likely N-dealkylation sites (N-methyl/N-ethyl adjacent to an activating group) is 1. The molecule has 0 saturated carbocycles. The second kappa shape index (κ2) is 6.06. The minimum atomic E-state index is -1.03. The van der Waals surface area contributed by atoms with E-state index in [9.17, 15) is 9.59 Å². The van der Waals surface area contributed by atoms with Crippen molar-refractivity contribution in [3.05, 3.63) is 23.8 Å². The molecule has 4 rings (SSSR count). The topological polar surface area (TPSA) is 82.9 Å². The van der Waals surface area contributed by atoms with Gasteiger partial charge in [0, 0.05) is 19.9 Å². The molecular formula is C19H21N3O4S. The average Bonchev–Trinajstić information content (AvgIpc) is 3.28. The minimum absolute atomic E-state index is 0.0861. The number of benzene rings is 1. The molecule has 0 radical (unpaired) electrons. The summed E-state index contributed by atoms with van der Waals surface area (Å²) < 4.78 is 10.9. The van der Waals surface area contributed by atoms with E-state index in [-0.39, 0.29) is 31.1 Å². The van der Waals surface area contributed by atoms with Gasteiger partial charge in [0.05, 0.1) is 12.1 Å². The third kappa shape index (κ3) is 2.27. The second-order valence-corrected chi connectivity index (χ2v) is 8.78. The predicted octanol–water partition coefficient (Wildman–Crippen LogP) is 2.63. The van der Waals surface area contributed by atoms with Gasteiger partial charge in [-0.25, -0.2) is 0 Å². The first-order chi connectivity index (χ1) is 12.9. The van der Waals surface area contributed by atoms with Gasteiger partial charge in [-0.05, 0) is 31.0 Å². The van der Waals surface area contributed by atoms with Crippen LogP contribution in [0.25, 0.3) is 0 Å². The molecule has 7 nitrogen and oxygen atoms in total. The van der Waals surface area contributed by atoms with Gasteiger partial charge in [0.1, 0.15) is 0 Å². The third-order valence-corrected chi connectivity index (χ3v) is 7.47. The lowest BCUT2D eigenvalue weighted by atomic mass is 9.94. The van der Waals surface area contributed by atoms with E-state index in [1.54, 1.807) is 18.9 Å². The standard InChI is InChI=1S/C19H21N3O4S/c1-4-13(12-6-7-14-15(10-12)26-11-25-14)22-16(23)18(2)21(3)17(24)19(22,27-18)8-5-9-20/h6-7,10,13H,4-5,8,11H2,1-3H3/t13-,18-,19+/m1/s1. The first kappa shape index (κ1) is 18.0. The van der Waals surface area contributed by atoms with Crippen molar-refractivity contribution >= 4 is 23.6 Å². The van der Waals surface area contributed by atoms with E-state index in [4.69, 9.17) is 14.7 Å². The number of nitriles is 1. The molecule has 8 heteroatoms. The summed E-state index contributed by atoms with van der Waals surface area (Å²) in [5.74, 6) is 1.14. The monoisotopic (exact) mass is 387 g/mol. The van der Waals surface area contributed by atoms with Crippen LogP contribution in [0.15, 0.2) is 18.2 Å². The minimum Gasteiger partial charge on any atom is -0.454 e. The molecule has 2 bridgehead atoms. The Hall–Kier alpha value is -2.40. The highest BCUT2D eigenvalue weighted by Gasteiger charge is 2.72.